The van der Waals surface area contributed by atoms with Crippen LogP contribution in [0.5, 0.6) is 5.75 Å². The first kappa shape index (κ1) is 18.6. The molecule has 3 aromatic rings. The Kier molecular flexibility index (Phi) is 5.52. The summed E-state index contributed by atoms with van der Waals surface area (Å²) in [4.78, 5) is 28.8. The number of phenolic OH excluding ortho intramolecular Hbond substituents is 1. The number of amides is 1. The van der Waals surface area contributed by atoms with E-state index in [9.17, 15) is 14.7 Å². The number of anilines is 1. The summed E-state index contributed by atoms with van der Waals surface area (Å²) in [5, 5.41) is 14.7. The minimum absolute atomic E-state index is 0.0147. The highest BCUT2D eigenvalue weighted by Crippen LogP contribution is 2.25. The van der Waals surface area contributed by atoms with E-state index in [0.29, 0.717) is 5.13 Å². The first-order valence-electron chi connectivity index (χ1n) is 8.26. The second-order valence-corrected chi connectivity index (χ2v) is 6.82. The maximum Gasteiger partial charge on any atom is 0.342 e. The molecule has 1 heterocycles. The van der Waals surface area contributed by atoms with Crippen LogP contribution in [0.25, 0.3) is 11.3 Å². The minimum atomic E-state index is -1.04. The highest BCUT2D eigenvalue weighted by Gasteiger charge is 2.22. The van der Waals surface area contributed by atoms with Gasteiger partial charge in [-0.05, 0) is 31.5 Å². The largest absolute Gasteiger partial charge is 0.507 e. The van der Waals surface area contributed by atoms with E-state index in [4.69, 9.17) is 4.74 Å². The van der Waals surface area contributed by atoms with Crippen LogP contribution in [0.15, 0.2) is 53.9 Å². The molecule has 1 unspecified atom stereocenters. The number of benzene rings is 2. The van der Waals surface area contributed by atoms with E-state index in [-0.39, 0.29) is 11.3 Å². The zero-order valence-corrected chi connectivity index (χ0v) is 15.6. The average Bonchev–Trinajstić information content (AvgIpc) is 3.10. The number of phenols is 1. The molecule has 0 spiro atoms. The molecule has 0 saturated carbocycles. The number of carbonyl (C=O) groups is 2. The van der Waals surface area contributed by atoms with Crippen molar-refractivity contribution >= 4 is 28.3 Å². The summed E-state index contributed by atoms with van der Waals surface area (Å²) in [6.07, 6.45) is -1.04. The van der Waals surface area contributed by atoms with Crippen molar-refractivity contribution in [1.82, 2.24) is 4.98 Å². The van der Waals surface area contributed by atoms with Gasteiger partial charge in [-0.3, -0.25) is 10.1 Å². The molecule has 1 amide bonds. The third-order valence-electron chi connectivity index (χ3n) is 3.83. The Morgan fingerprint density at radius 1 is 1.19 bits per heavy atom. The summed E-state index contributed by atoms with van der Waals surface area (Å²) in [6.45, 7) is 3.26. The lowest BCUT2D eigenvalue weighted by molar-refractivity contribution is -0.123. The van der Waals surface area contributed by atoms with E-state index in [1.165, 1.54) is 30.4 Å². The first-order chi connectivity index (χ1) is 12.9. The molecule has 0 radical (unpaired) electrons. The van der Waals surface area contributed by atoms with Crippen molar-refractivity contribution in [3.8, 4) is 17.0 Å². The number of hydrogen-bond acceptors (Lipinski definition) is 6. The Labute approximate surface area is 160 Å². The molecule has 138 valence electrons. The molecular formula is C20H18N2O4S. The first-order valence-corrected chi connectivity index (χ1v) is 9.14. The Morgan fingerprint density at radius 3 is 2.63 bits per heavy atom. The van der Waals surface area contributed by atoms with Crippen LogP contribution >= 0.6 is 11.3 Å². The summed E-state index contributed by atoms with van der Waals surface area (Å²) in [6, 6.07) is 14.2. The van der Waals surface area contributed by atoms with E-state index in [0.717, 1.165) is 16.8 Å². The van der Waals surface area contributed by atoms with Gasteiger partial charge in [0.15, 0.2) is 11.2 Å². The molecule has 2 N–H and O–H groups in total. The fourth-order valence-corrected chi connectivity index (χ4v) is 3.09. The number of aryl methyl sites for hydroxylation is 1. The smallest absolute Gasteiger partial charge is 0.342 e. The van der Waals surface area contributed by atoms with Crippen LogP contribution in [0.4, 0.5) is 5.13 Å². The molecule has 3 rings (SSSR count). The molecule has 2 aromatic carbocycles. The second kappa shape index (κ2) is 8.01. The third kappa shape index (κ3) is 4.51. The highest BCUT2D eigenvalue weighted by atomic mass is 32.1. The van der Waals surface area contributed by atoms with Gasteiger partial charge in [-0.1, -0.05) is 36.4 Å². The summed E-state index contributed by atoms with van der Waals surface area (Å²) >= 11 is 1.29. The number of rotatable bonds is 5. The Bertz CT molecular complexity index is 969. The predicted molar refractivity (Wildman–Crippen MR) is 104 cm³/mol. The van der Waals surface area contributed by atoms with Crippen molar-refractivity contribution in [2.24, 2.45) is 0 Å². The molecule has 7 heteroatoms. The van der Waals surface area contributed by atoms with Gasteiger partial charge in [0, 0.05) is 10.9 Å². The lowest BCUT2D eigenvalue weighted by Gasteiger charge is -2.13. The summed E-state index contributed by atoms with van der Waals surface area (Å²) in [7, 11) is 0. The number of carbonyl (C=O) groups excluding carboxylic acids is 2. The molecule has 0 bridgehead atoms. The Morgan fingerprint density at radius 2 is 1.93 bits per heavy atom. The van der Waals surface area contributed by atoms with Gasteiger partial charge >= 0.3 is 5.97 Å². The number of thiazole rings is 1. The molecular weight excluding hydrogens is 364 g/mol. The lowest BCUT2D eigenvalue weighted by atomic mass is 10.1. The summed E-state index contributed by atoms with van der Waals surface area (Å²) in [5.74, 6) is -1.44. The van der Waals surface area contributed by atoms with Crippen LogP contribution in [-0.2, 0) is 9.53 Å². The van der Waals surface area contributed by atoms with Crippen molar-refractivity contribution in [3.63, 3.8) is 0 Å². The van der Waals surface area contributed by atoms with E-state index in [2.05, 4.69) is 10.3 Å². The van der Waals surface area contributed by atoms with Crippen molar-refractivity contribution in [2.75, 3.05) is 5.32 Å². The number of aromatic hydroxyl groups is 1. The topological polar surface area (TPSA) is 88.5 Å². The minimum Gasteiger partial charge on any atom is -0.507 e. The van der Waals surface area contributed by atoms with Crippen LogP contribution < -0.4 is 5.32 Å². The number of esters is 1. The van der Waals surface area contributed by atoms with Gasteiger partial charge in [0.05, 0.1) is 5.69 Å². The van der Waals surface area contributed by atoms with Gasteiger partial charge in [0.25, 0.3) is 5.91 Å². The van der Waals surface area contributed by atoms with Crippen molar-refractivity contribution in [3.05, 3.63) is 65.0 Å². The number of hydrogen-bond donors (Lipinski definition) is 2. The average molecular weight is 382 g/mol. The van der Waals surface area contributed by atoms with E-state index >= 15 is 0 Å². The zero-order valence-electron chi connectivity index (χ0n) is 14.8. The van der Waals surface area contributed by atoms with E-state index in [1.54, 1.807) is 13.0 Å². The zero-order chi connectivity index (χ0) is 19.4. The normalized spacial score (nSPS) is 11.6. The second-order valence-electron chi connectivity index (χ2n) is 5.96. The monoisotopic (exact) mass is 382 g/mol. The van der Waals surface area contributed by atoms with Gasteiger partial charge in [-0.2, -0.15) is 0 Å². The predicted octanol–water partition coefficient (Wildman–Crippen LogP) is 4.01. The lowest BCUT2D eigenvalue weighted by Crippen LogP contribution is -2.30. The Balaban J connectivity index is 1.62. The van der Waals surface area contributed by atoms with Gasteiger partial charge in [-0.25, -0.2) is 9.78 Å². The maximum absolute atomic E-state index is 12.3. The van der Waals surface area contributed by atoms with Crippen LogP contribution in [0.2, 0.25) is 0 Å². The number of nitrogens with one attached hydrogen (secondary N) is 1. The molecule has 27 heavy (non-hydrogen) atoms. The fourth-order valence-electron chi connectivity index (χ4n) is 2.37. The van der Waals surface area contributed by atoms with Gasteiger partial charge in [-0.15, -0.1) is 11.3 Å². The summed E-state index contributed by atoms with van der Waals surface area (Å²) < 4.78 is 5.15. The van der Waals surface area contributed by atoms with Crippen molar-refractivity contribution < 1.29 is 19.4 Å². The molecule has 0 aliphatic rings. The molecule has 0 aliphatic heterocycles. The molecule has 0 fully saturated rings. The number of ether oxygens (including phenoxy) is 1. The van der Waals surface area contributed by atoms with Crippen LogP contribution in [0, 0.1) is 6.92 Å². The van der Waals surface area contributed by atoms with Crippen LogP contribution in [0.1, 0.15) is 22.8 Å². The summed E-state index contributed by atoms with van der Waals surface area (Å²) in [5.41, 5.74) is 2.53. The van der Waals surface area contributed by atoms with Crippen LogP contribution in [-0.4, -0.2) is 28.1 Å². The molecule has 0 saturated heterocycles. The van der Waals surface area contributed by atoms with Gasteiger partial charge < -0.3 is 9.84 Å². The van der Waals surface area contributed by atoms with E-state index < -0.39 is 18.0 Å². The highest BCUT2D eigenvalue weighted by molar-refractivity contribution is 7.14. The number of nitrogens with zero attached hydrogens (tertiary/aromatic N) is 1. The van der Waals surface area contributed by atoms with Crippen LogP contribution in [0.3, 0.4) is 0 Å². The SMILES string of the molecule is Cc1ccc(C(=O)OC(C)C(=O)Nc2nc(-c3ccccc3)cs2)c(O)c1. The maximum atomic E-state index is 12.3. The van der Waals surface area contributed by atoms with Gasteiger partial charge in [0.1, 0.15) is 11.3 Å². The van der Waals surface area contributed by atoms with E-state index in [1.807, 2.05) is 35.7 Å². The fraction of sp³-hybridized carbons (Fsp3) is 0.150. The third-order valence-corrected chi connectivity index (χ3v) is 4.59. The molecule has 1 aromatic heterocycles. The number of aromatic nitrogens is 1. The van der Waals surface area contributed by atoms with Gasteiger partial charge in [0.2, 0.25) is 0 Å². The molecule has 6 nitrogen and oxygen atoms in total. The molecule has 1 atom stereocenters. The standard InChI is InChI=1S/C20H18N2O4S/c1-12-8-9-15(17(23)10-12)19(25)26-13(2)18(24)22-20-21-16(11-27-20)14-6-4-3-5-7-14/h3-11,13,23H,1-2H3,(H,21,22,24). The molecule has 0 aliphatic carbocycles. The van der Waals surface area contributed by atoms with Crippen molar-refractivity contribution in [2.45, 2.75) is 20.0 Å². The van der Waals surface area contributed by atoms with Crippen molar-refractivity contribution in [1.29, 1.82) is 0 Å². The Hall–Kier alpha value is -3.19. The quantitative estimate of drug-likeness (QED) is 0.651.